The minimum atomic E-state index is -0.122. The topological polar surface area (TPSA) is 59.3 Å². The molecule has 1 amide bonds. The van der Waals surface area contributed by atoms with E-state index < -0.39 is 0 Å². The molecule has 0 radical (unpaired) electrons. The number of rotatable bonds is 5. The zero-order valence-corrected chi connectivity index (χ0v) is 15.3. The number of benzene rings is 1. The summed E-state index contributed by atoms with van der Waals surface area (Å²) in [5, 5.41) is 5.41. The van der Waals surface area contributed by atoms with Gasteiger partial charge in [-0.25, -0.2) is 4.98 Å². The van der Waals surface area contributed by atoms with Crippen LogP contribution in [0.4, 0.5) is 0 Å². The van der Waals surface area contributed by atoms with Crippen molar-refractivity contribution in [1.82, 2.24) is 19.7 Å². The number of fused-ring (bicyclic) bond motifs is 1. The van der Waals surface area contributed by atoms with Gasteiger partial charge in [0, 0.05) is 36.1 Å². The minimum absolute atomic E-state index is 0.122. The quantitative estimate of drug-likeness (QED) is 0.565. The van der Waals surface area contributed by atoms with Crippen LogP contribution in [0.1, 0.15) is 16.1 Å². The van der Waals surface area contributed by atoms with Crippen molar-refractivity contribution in [3.63, 3.8) is 0 Å². The Labute approximate surface area is 159 Å². The lowest BCUT2D eigenvalue weighted by molar-refractivity contribution is 0.0948. The molecule has 1 aromatic carbocycles. The normalized spacial score (nSPS) is 11.0. The van der Waals surface area contributed by atoms with Crippen LogP contribution >= 0.6 is 22.9 Å². The maximum Gasteiger partial charge on any atom is 0.269 e. The number of thiazole rings is 1. The van der Waals surface area contributed by atoms with Crippen LogP contribution in [-0.2, 0) is 6.42 Å². The second kappa shape index (κ2) is 7.27. The first-order valence-electron chi connectivity index (χ1n) is 8.11. The zero-order valence-electron chi connectivity index (χ0n) is 13.7. The van der Waals surface area contributed by atoms with Crippen LogP contribution in [0.2, 0.25) is 5.02 Å². The van der Waals surface area contributed by atoms with E-state index in [1.807, 2.05) is 52.4 Å². The summed E-state index contributed by atoms with van der Waals surface area (Å²) < 4.78 is 1.81. The molecule has 26 heavy (non-hydrogen) atoms. The van der Waals surface area contributed by atoms with Crippen molar-refractivity contribution in [2.75, 3.05) is 6.54 Å². The third kappa shape index (κ3) is 3.34. The number of carbonyl (C=O) groups excluding carboxylic acids is 1. The maximum atomic E-state index is 12.5. The molecule has 0 atom stereocenters. The molecule has 0 saturated carbocycles. The van der Waals surface area contributed by atoms with E-state index >= 15 is 0 Å². The number of amides is 1. The maximum absolute atomic E-state index is 12.5. The van der Waals surface area contributed by atoms with Crippen molar-refractivity contribution in [3.05, 3.63) is 76.6 Å². The molecule has 5 nitrogen and oxygen atoms in total. The van der Waals surface area contributed by atoms with Gasteiger partial charge < -0.3 is 5.32 Å². The Morgan fingerprint density at radius 1 is 1.23 bits per heavy atom. The fourth-order valence-corrected chi connectivity index (χ4v) is 3.79. The molecule has 3 heterocycles. The van der Waals surface area contributed by atoms with E-state index in [0.717, 1.165) is 28.2 Å². The second-order valence-electron chi connectivity index (χ2n) is 5.75. The van der Waals surface area contributed by atoms with Gasteiger partial charge in [-0.2, -0.15) is 0 Å². The average molecular weight is 383 g/mol. The van der Waals surface area contributed by atoms with Crippen LogP contribution in [0.25, 0.3) is 16.2 Å². The Morgan fingerprint density at radius 2 is 2.12 bits per heavy atom. The van der Waals surface area contributed by atoms with Crippen molar-refractivity contribution in [2.45, 2.75) is 6.42 Å². The fraction of sp³-hybridized carbons (Fsp3) is 0.105. The highest BCUT2D eigenvalue weighted by Gasteiger charge is 2.15. The molecule has 0 aliphatic rings. The van der Waals surface area contributed by atoms with Crippen molar-refractivity contribution in [1.29, 1.82) is 0 Å². The Hall–Kier alpha value is -2.70. The summed E-state index contributed by atoms with van der Waals surface area (Å²) in [6.07, 6.45) is 6.13. The van der Waals surface area contributed by atoms with Gasteiger partial charge in [-0.05, 0) is 24.1 Å². The Balaban J connectivity index is 1.51. The molecule has 0 fully saturated rings. The first-order chi connectivity index (χ1) is 12.7. The molecule has 4 aromatic rings. The summed E-state index contributed by atoms with van der Waals surface area (Å²) in [7, 11) is 0. The monoisotopic (exact) mass is 382 g/mol. The molecular weight excluding hydrogens is 368 g/mol. The first-order valence-corrected chi connectivity index (χ1v) is 9.37. The minimum Gasteiger partial charge on any atom is -0.350 e. The molecule has 1 N–H and O–H groups in total. The number of aromatic nitrogens is 3. The van der Waals surface area contributed by atoms with Crippen LogP contribution < -0.4 is 5.32 Å². The molecule has 0 saturated heterocycles. The highest BCUT2D eigenvalue weighted by molar-refractivity contribution is 7.15. The lowest BCUT2D eigenvalue weighted by Crippen LogP contribution is -2.26. The van der Waals surface area contributed by atoms with Crippen LogP contribution in [0, 0.1) is 0 Å². The summed E-state index contributed by atoms with van der Waals surface area (Å²) in [5.41, 5.74) is 3.27. The molecule has 4 rings (SSSR count). The van der Waals surface area contributed by atoms with Crippen LogP contribution in [-0.4, -0.2) is 26.8 Å². The summed E-state index contributed by atoms with van der Waals surface area (Å²) in [6.45, 7) is 0.550. The standard InChI is InChI=1S/C19H15ClN4OS/c20-15-6-2-1-5-14(15)16-11-24-17(12-26-19(24)23-16)18(25)22-9-7-13-4-3-8-21-10-13/h1-6,8,10-12H,7,9H2,(H,22,25). The van der Waals surface area contributed by atoms with Crippen molar-refractivity contribution in [3.8, 4) is 11.3 Å². The van der Waals surface area contributed by atoms with E-state index in [4.69, 9.17) is 11.6 Å². The van der Waals surface area contributed by atoms with E-state index in [2.05, 4.69) is 15.3 Å². The molecule has 0 bridgehead atoms. The number of pyridine rings is 1. The number of halogens is 1. The van der Waals surface area contributed by atoms with Gasteiger partial charge in [0.2, 0.25) is 0 Å². The highest BCUT2D eigenvalue weighted by Crippen LogP contribution is 2.28. The van der Waals surface area contributed by atoms with Gasteiger partial charge in [0.15, 0.2) is 4.96 Å². The van der Waals surface area contributed by atoms with Gasteiger partial charge in [-0.3, -0.25) is 14.2 Å². The number of hydrogen-bond donors (Lipinski definition) is 1. The molecule has 0 unspecified atom stereocenters. The molecular formula is C19H15ClN4OS. The van der Waals surface area contributed by atoms with Gasteiger partial charge in [0.25, 0.3) is 5.91 Å². The Kier molecular flexibility index (Phi) is 4.69. The van der Waals surface area contributed by atoms with Gasteiger partial charge in [0.05, 0.1) is 10.7 Å². The average Bonchev–Trinajstić information content (AvgIpc) is 3.23. The lowest BCUT2D eigenvalue weighted by atomic mass is 10.2. The first kappa shape index (κ1) is 16.8. The molecule has 130 valence electrons. The van der Waals surface area contributed by atoms with Gasteiger partial charge in [0.1, 0.15) is 5.69 Å². The third-order valence-corrected chi connectivity index (χ3v) is 5.18. The lowest BCUT2D eigenvalue weighted by Gasteiger charge is -2.04. The van der Waals surface area contributed by atoms with Crippen molar-refractivity contribution < 1.29 is 4.79 Å². The number of hydrogen-bond acceptors (Lipinski definition) is 4. The van der Waals surface area contributed by atoms with Gasteiger partial charge >= 0.3 is 0 Å². The molecule has 0 aliphatic carbocycles. The highest BCUT2D eigenvalue weighted by atomic mass is 35.5. The van der Waals surface area contributed by atoms with Crippen LogP contribution in [0.15, 0.2) is 60.4 Å². The zero-order chi connectivity index (χ0) is 17.9. The summed E-state index contributed by atoms with van der Waals surface area (Å²) in [6, 6.07) is 11.4. The number of nitrogens with one attached hydrogen (secondary N) is 1. The Morgan fingerprint density at radius 3 is 2.92 bits per heavy atom. The molecule has 7 heteroatoms. The van der Waals surface area contributed by atoms with Crippen molar-refractivity contribution >= 4 is 33.8 Å². The summed E-state index contributed by atoms with van der Waals surface area (Å²) >= 11 is 7.68. The SMILES string of the molecule is O=C(NCCc1cccnc1)c1csc2nc(-c3ccccc3Cl)cn12. The van der Waals surface area contributed by atoms with Crippen molar-refractivity contribution in [2.24, 2.45) is 0 Å². The third-order valence-electron chi connectivity index (χ3n) is 4.01. The smallest absolute Gasteiger partial charge is 0.269 e. The summed E-state index contributed by atoms with van der Waals surface area (Å²) in [5.74, 6) is -0.122. The largest absolute Gasteiger partial charge is 0.350 e. The number of carbonyl (C=O) groups is 1. The predicted molar refractivity (Wildman–Crippen MR) is 104 cm³/mol. The predicted octanol–water partition coefficient (Wildman–Crippen LogP) is 4.08. The van der Waals surface area contributed by atoms with E-state index in [0.29, 0.717) is 17.3 Å². The van der Waals surface area contributed by atoms with E-state index in [-0.39, 0.29) is 5.91 Å². The van der Waals surface area contributed by atoms with E-state index in [1.165, 1.54) is 11.3 Å². The number of nitrogens with zero attached hydrogens (tertiary/aromatic N) is 3. The number of imidazole rings is 1. The van der Waals surface area contributed by atoms with E-state index in [1.54, 1.807) is 12.4 Å². The van der Waals surface area contributed by atoms with Crippen LogP contribution in [0.3, 0.4) is 0 Å². The second-order valence-corrected chi connectivity index (χ2v) is 6.99. The molecule has 0 spiro atoms. The van der Waals surface area contributed by atoms with E-state index in [9.17, 15) is 4.79 Å². The molecule has 3 aromatic heterocycles. The summed E-state index contributed by atoms with van der Waals surface area (Å²) in [4.78, 5) is 22.0. The van der Waals surface area contributed by atoms with Crippen LogP contribution in [0.5, 0.6) is 0 Å². The molecule has 0 aliphatic heterocycles. The van der Waals surface area contributed by atoms with Gasteiger partial charge in [-0.15, -0.1) is 11.3 Å². The van der Waals surface area contributed by atoms with Gasteiger partial charge in [-0.1, -0.05) is 35.9 Å². The Bertz CT molecular complexity index is 1060. The fourth-order valence-electron chi connectivity index (χ4n) is 2.70.